The van der Waals surface area contributed by atoms with E-state index in [9.17, 15) is 14.4 Å². The molecule has 1 atom stereocenters. The second-order valence-corrected chi connectivity index (χ2v) is 11.6. The standard InChI is InChI=1S/C38H33N3O4S/c1-26-12-9-13-27(22-26)23-34(41-36(42)29-16-7-4-8-17-29)37(43)39-31-19-11-21-33(25-31)46-35(28-14-5-3-6-15-28)38(44)40-30-18-10-20-32(24-30)45-2/h3-25,35H,1-2H3,(H,39,43)(H,40,44)(H,41,42)/b34-23+. The van der Waals surface area contributed by atoms with Crippen molar-refractivity contribution in [3.05, 3.63) is 161 Å². The number of hydrogen-bond acceptors (Lipinski definition) is 5. The number of thioether (sulfide) groups is 1. The van der Waals surface area contributed by atoms with Crippen molar-refractivity contribution in [3.8, 4) is 5.75 Å². The number of hydrogen-bond donors (Lipinski definition) is 3. The number of methoxy groups -OCH3 is 1. The number of nitrogens with one attached hydrogen (secondary N) is 3. The van der Waals surface area contributed by atoms with Crippen molar-refractivity contribution < 1.29 is 19.1 Å². The first-order valence-corrected chi connectivity index (χ1v) is 15.5. The zero-order chi connectivity index (χ0) is 32.3. The number of carbonyl (C=O) groups is 3. The smallest absolute Gasteiger partial charge is 0.272 e. The molecule has 0 radical (unpaired) electrons. The van der Waals surface area contributed by atoms with Crippen LogP contribution in [0.3, 0.4) is 0 Å². The Morgan fingerprint density at radius 1 is 0.717 bits per heavy atom. The molecular formula is C38H33N3O4S. The lowest BCUT2D eigenvalue weighted by atomic mass is 10.1. The van der Waals surface area contributed by atoms with Crippen molar-refractivity contribution in [1.29, 1.82) is 0 Å². The van der Waals surface area contributed by atoms with E-state index in [4.69, 9.17) is 4.74 Å². The van der Waals surface area contributed by atoms with Crippen LogP contribution in [0.25, 0.3) is 6.08 Å². The molecule has 0 fully saturated rings. The minimum Gasteiger partial charge on any atom is -0.497 e. The highest BCUT2D eigenvalue weighted by atomic mass is 32.2. The van der Waals surface area contributed by atoms with E-state index < -0.39 is 17.1 Å². The van der Waals surface area contributed by atoms with Gasteiger partial charge in [0.25, 0.3) is 11.8 Å². The fourth-order valence-electron chi connectivity index (χ4n) is 4.66. The number of benzene rings is 5. The molecule has 0 bridgehead atoms. The summed E-state index contributed by atoms with van der Waals surface area (Å²) < 4.78 is 5.30. The summed E-state index contributed by atoms with van der Waals surface area (Å²) in [6, 6.07) is 40.3. The molecule has 0 aromatic heterocycles. The van der Waals surface area contributed by atoms with E-state index in [-0.39, 0.29) is 11.6 Å². The van der Waals surface area contributed by atoms with Gasteiger partial charge in [-0.15, -0.1) is 11.8 Å². The summed E-state index contributed by atoms with van der Waals surface area (Å²) in [6.45, 7) is 1.96. The fourth-order valence-corrected chi connectivity index (χ4v) is 5.74. The molecule has 0 aliphatic carbocycles. The van der Waals surface area contributed by atoms with Gasteiger partial charge in [-0.2, -0.15) is 0 Å². The molecule has 46 heavy (non-hydrogen) atoms. The van der Waals surface area contributed by atoms with Gasteiger partial charge in [-0.05, 0) is 66.6 Å². The highest BCUT2D eigenvalue weighted by Gasteiger charge is 2.23. The van der Waals surface area contributed by atoms with E-state index >= 15 is 0 Å². The van der Waals surface area contributed by atoms with Gasteiger partial charge in [0.15, 0.2) is 0 Å². The minimum absolute atomic E-state index is 0.0948. The van der Waals surface area contributed by atoms with Gasteiger partial charge in [0.1, 0.15) is 16.7 Å². The summed E-state index contributed by atoms with van der Waals surface area (Å²) in [5.41, 5.74) is 4.29. The predicted octanol–water partition coefficient (Wildman–Crippen LogP) is 7.89. The molecule has 3 amide bonds. The molecule has 0 aliphatic heterocycles. The number of anilines is 2. The van der Waals surface area contributed by atoms with E-state index in [1.165, 1.54) is 11.8 Å². The maximum absolute atomic E-state index is 13.6. The van der Waals surface area contributed by atoms with Crippen molar-refractivity contribution in [1.82, 2.24) is 5.32 Å². The Balaban J connectivity index is 1.37. The van der Waals surface area contributed by atoms with Gasteiger partial charge in [-0.25, -0.2) is 0 Å². The number of amides is 3. The highest BCUT2D eigenvalue weighted by Crippen LogP contribution is 2.37. The third-order valence-corrected chi connectivity index (χ3v) is 8.15. The molecule has 0 saturated heterocycles. The lowest BCUT2D eigenvalue weighted by Gasteiger charge is -2.18. The SMILES string of the molecule is COc1cccc(NC(=O)C(Sc2cccc(NC(=O)/C(=C\c3cccc(C)c3)NC(=O)c3ccccc3)c2)c2ccccc2)c1. The van der Waals surface area contributed by atoms with Crippen molar-refractivity contribution in [2.75, 3.05) is 17.7 Å². The first kappa shape index (κ1) is 31.8. The Morgan fingerprint density at radius 2 is 1.39 bits per heavy atom. The third-order valence-electron chi connectivity index (χ3n) is 6.91. The van der Waals surface area contributed by atoms with Crippen LogP contribution >= 0.6 is 11.8 Å². The first-order chi connectivity index (χ1) is 22.4. The second kappa shape index (κ2) is 15.4. The van der Waals surface area contributed by atoms with Crippen LogP contribution in [0.1, 0.15) is 32.3 Å². The quantitative estimate of drug-likeness (QED) is 0.102. The van der Waals surface area contributed by atoms with Crippen molar-refractivity contribution in [3.63, 3.8) is 0 Å². The Morgan fingerprint density at radius 3 is 2.11 bits per heavy atom. The molecular weight excluding hydrogens is 595 g/mol. The maximum atomic E-state index is 13.6. The molecule has 230 valence electrons. The molecule has 3 N–H and O–H groups in total. The minimum atomic E-state index is -0.583. The highest BCUT2D eigenvalue weighted by molar-refractivity contribution is 8.00. The molecule has 5 rings (SSSR count). The topological polar surface area (TPSA) is 96.5 Å². The molecule has 8 heteroatoms. The molecule has 1 unspecified atom stereocenters. The lowest BCUT2D eigenvalue weighted by molar-refractivity contribution is -0.116. The number of carbonyl (C=O) groups excluding carboxylic acids is 3. The van der Waals surface area contributed by atoms with Crippen LogP contribution in [-0.4, -0.2) is 24.8 Å². The van der Waals surface area contributed by atoms with Crippen LogP contribution in [0.2, 0.25) is 0 Å². The summed E-state index contributed by atoms with van der Waals surface area (Å²) in [7, 11) is 1.58. The van der Waals surface area contributed by atoms with E-state index in [0.717, 1.165) is 21.6 Å². The lowest BCUT2D eigenvalue weighted by Crippen LogP contribution is -2.30. The maximum Gasteiger partial charge on any atom is 0.272 e. The van der Waals surface area contributed by atoms with Crippen LogP contribution in [0, 0.1) is 6.92 Å². The van der Waals surface area contributed by atoms with Gasteiger partial charge in [0.05, 0.1) is 7.11 Å². The number of rotatable bonds is 11. The Hall–Kier alpha value is -5.60. The van der Waals surface area contributed by atoms with Gasteiger partial charge >= 0.3 is 0 Å². The van der Waals surface area contributed by atoms with Crippen LogP contribution in [0.15, 0.2) is 144 Å². The van der Waals surface area contributed by atoms with Crippen LogP contribution in [0.4, 0.5) is 11.4 Å². The molecule has 5 aromatic carbocycles. The zero-order valence-corrected chi connectivity index (χ0v) is 26.2. The third kappa shape index (κ3) is 8.74. The van der Waals surface area contributed by atoms with Crippen molar-refractivity contribution >= 4 is 46.9 Å². The summed E-state index contributed by atoms with van der Waals surface area (Å²) >= 11 is 1.36. The zero-order valence-electron chi connectivity index (χ0n) is 25.4. The largest absolute Gasteiger partial charge is 0.497 e. The molecule has 5 aromatic rings. The Bertz CT molecular complexity index is 1860. The predicted molar refractivity (Wildman–Crippen MR) is 185 cm³/mol. The summed E-state index contributed by atoms with van der Waals surface area (Å²) in [5, 5.41) is 8.11. The van der Waals surface area contributed by atoms with E-state index in [1.54, 1.807) is 55.7 Å². The molecule has 7 nitrogen and oxygen atoms in total. The van der Waals surface area contributed by atoms with Crippen LogP contribution < -0.4 is 20.7 Å². The molecule has 0 saturated carbocycles. The molecule has 0 aliphatic rings. The van der Waals surface area contributed by atoms with Crippen molar-refractivity contribution in [2.45, 2.75) is 17.1 Å². The van der Waals surface area contributed by atoms with E-state index in [0.29, 0.717) is 22.7 Å². The van der Waals surface area contributed by atoms with Gasteiger partial charge in [-0.3, -0.25) is 14.4 Å². The number of ether oxygens (including phenoxy) is 1. The van der Waals surface area contributed by atoms with Gasteiger partial charge < -0.3 is 20.7 Å². The monoisotopic (exact) mass is 627 g/mol. The average molecular weight is 628 g/mol. The second-order valence-electron chi connectivity index (χ2n) is 10.4. The summed E-state index contributed by atoms with van der Waals surface area (Å²) in [6.07, 6.45) is 1.65. The van der Waals surface area contributed by atoms with Gasteiger partial charge in [0, 0.05) is 27.9 Å². The molecule has 0 spiro atoms. The summed E-state index contributed by atoms with van der Waals surface area (Å²) in [5.74, 6) is -0.443. The first-order valence-electron chi connectivity index (χ1n) is 14.6. The van der Waals surface area contributed by atoms with Gasteiger partial charge in [-0.1, -0.05) is 90.5 Å². The molecule has 0 heterocycles. The normalized spacial score (nSPS) is 11.7. The Kier molecular flexibility index (Phi) is 10.7. The van der Waals surface area contributed by atoms with E-state index in [2.05, 4.69) is 16.0 Å². The Labute approximate surface area is 272 Å². The van der Waals surface area contributed by atoms with Crippen LogP contribution in [0.5, 0.6) is 5.75 Å². The summed E-state index contributed by atoms with van der Waals surface area (Å²) in [4.78, 5) is 41.0. The van der Waals surface area contributed by atoms with Crippen LogP contribution in [-0.2, 0) is 9.59 Å². The van der Waals surface area contributed by atoms with E-state index in [1.807, 2.05) is 97.9 Å². The van der Waals surface area contributed by atoms with Gasteiger partial charge in [0.2, 0.25) is 5.91 Å². The van der Waals surface area contributed by atoms with Crippen molar-refractivity contribution in [2.24, 2.45) is 0 Å². The fraction of sp³-hybridized carbons (Fsp3) is 0.0789. The number of aryl methyl sites for hydroxylation is 1. The average Bonchev–Trinajstić information content (AvgIpc) is 3.08.